The lowest BCUT2D eigenvalue weighted by molar-refractivity contribution is -0.129. The molecule has 3 rings (SSSR count). The Morgan fingerprint density at radius 2 is 1.74 bits per heavy atom. The van der Waals surface area contributed by atoms with E-state index in [4.69, 9.17) is 4.74 Å². The highest BCUT2D eigenvalue weighted by Crippen LogP contribution is 2.34. The molecule has 1 heterocycles. The molecule has 1 aliphatic heterocycles. The average molecular weight is 437 g/mol. The predicted octanol–water partition coefficient (Wildman–Crippen LogP) is 4.57. The minimum absolute atomic E-state index is 0.102. The van der Waals surface area contributed by atoms with Gasteiger partial charge in [0.25, 0.3) is 0 Å². The Morgan fingerprint density at radius 1 is 1.13 bits per heavy atom. The van der Waals surface area contributed by atoms with Crippen molar-refractivity contribution in [3.63, 3.8) is 0 Å². The highest BCUT2D eigenvalue weighted by Gasteiger charge is 2.24. The first-order valence-corrected chi connectivity index (χ1v) is 8.30. The summed E-state index contributed by atoms with van der Waals surface area (Å²) in [5.41, 5.74) is 2.79. The van der Waals surface area contributed by atoms with Crippen molar-refractivity contribution < 1.29 is 14.6 Å². The summed E-state index contributed by atoms with van der Waals surface area (Å²) in [5.74, 6) is -0.107. The number of aliphatic imine (C=N–C) groups is 1. The number of aromatic hydroxyl groups is 1. The van der Waals surface area contributed by atoms with E-state index in [1.54, 1.807) is 18.2 Å². The number of halogens is 2. The number of ether oxygens (including phenoxy) is 1. The fourth-order valence-corrected chi connectivity index (χ4v) is 3.28. The van der Waals surface area contributed by atoms with Gasteiger partial charge in [-0.05, 0) is 74.7 Å². The maximum absolute atomic E-state index is 12.0. The van der Waals surface area contributed by atoms with Crippen LogP contribution in [0.2, 0.25) is 0 Å². The van der Waals surface area contributed by atoms with E-state index in [0.29, 0.717) is 14.5 Å². The van der Waals surface area contributed by atoms with E-state index in [-0.39, 0.29) is 17.3 Å². The van der Waals surface area contributed by atoms with Crippen molar-refractivity contribution in [1.82, 2.24) is 0 Å². The zero-order chi connectivity index (χ0) is 16.6. The fourth-order valence-electron chi connectivity index (χ4n) is 2.06. The Labute approximate surface area is 149 Å². The SMILES string of the molecule is Cc1ccc(C2=N/C(=C\c3cc(Br)c(O)c(Br)c3)C(=O)O2)cc1. The summed E-state index contributed by atoms with van der Waals surface area (Å²) in [5, 5.41) is 9.72. The van der Waals surface area contributed by atoms with Gasteiger partial charge in [0.2, 0.25) is 5.90 Å². The normalized spacial score (nSPS) is 15.7. The second-order valence-corrected chi connectivity index (χ2v) is 6.74. The molecule has 0 bridgehead atoms. The van der Waals surface area contributed by atoms with Crippen LogP contribution >= 0.6 is 31.9 Å². The van der Waals surface area contributed by atoms with Crippen LogP contribution in [-0.2, 0) is 9.53 Å². The molecule has 0 saturated carbocycles. The molecule has 0 radical (unpaired) electrons. The standard InChI is InChI=1S/C17H11Br2NO3/c1-9-2-4-11(5-3-9)16-20-14(17(22)23-16)8-10-6-12(18)15(21)13(19)7-10/h2-8,21H,1H3/b14-8-. The number of aryl methyl sites for hydroxylation is 1. The van der Waals surface area contributed by atoms with Crippen LogP contribution in [0.1, 0.15) is 16.7 Å². The Morgan fingerprint density at radius 3 is 2.35 bits per heavy atom. The first kappa shape index (κ1) is 16.0. The first-order valence-electron chi connectivity index (χ1n) is 6.71. The van der Waals surface area contributed by atoms with Gasteiger partial charge in [0.1, 0.15) is 5.75 Å². The van der Waals surface area contributed by atoms with Crippen molar-refractivity contribution in [1.29, 1.82) is 0 Å². The lowest BCUT2D eigenvalue weighted by atomic mass is 10.1. The van der Waals surface area contributed by atoms with E-state index in [1.165, 1.54) is 0 Å². The smallest absolute Gasteiger partial charge is 0.363 e. The summed E-state index contributed by atoms with van der Waals surface area (Å²) in [6.45, 7) is 1.98. The van der Waals surface area contributed by atoms with Crippen LogP contribution in [0, 0.1) is 6.92 Å². The Bertz CT molecular complexity index is 832. The zero-order valence-corrected chi connectivity index (χ0v) is 15.2. The summed E-state index contributed by atoms with van der Waals surface area (Å²) >= 11 is 6.51. The second kappa shape index (κ2) is 6.29. The largest absolute Gasteiger partial charge is 0.506 e. The van der Waals surface area contributed by atoms with Gasteiger partial charge in [0.05, 0.1) is 8.95 Å². The number of carbonyl (C=O) groups is 1. The van der Waals surface area contributed by atoms with Gasteiger partial charge in [-0.2, -0.15) is 0 Å². The molecule has 0 spiro atoms. The van der Waals surface area contributed by atoms with Crippen molar-refractivity contribution in [2.75, 3.05) is 0 Å². The molecule has 0 unspecified atom stereocenters. The molecule has 2 aromatic carbocycles. The van der Waals surface area contributed by atoms with Crippen LogP contribution in [-0.4, -0.2) is 17.0 Å². The predicted molar refractivity (Wildman–Crippen MR) is 95.3 cm³/mol. The van der Waals surface area contributed by atoms with E-state index >= 15 is 0 Å². The lowest BCUT2D eigenvalue weighted by Gasteiger charge is -2.02. The van der Waals surface area contributed by atoms with Gasteiger partial charge in [0, 0.05) is 5.56 Å². The van der Waals surface area contributed by atoms with Gasteiger partial charge in [-0.15, -0.1) is 0 Å². The molecule has 0 aliphatic carbocycles. The van der Waals surface area contributed by atoms with Crippen molar-refractivity contribution in [2.45, 2.75) is 6.92 Å². The zero-order valence-electron chi connectivity index (χ0n) is 12.0. The van der Waals surface area contributed by atoms with E-state index in [0.717, 1.165) is 11.1 Å². The van der Waals surface area contributed by atoms with Gasteiger partial charge in [-0.25, -0.2) is 9.79 Å². The number of nitrogens with zero attached hydrogens (tertiary/aromatic N) is 1. The Kier molecular flexibility index (Phi) is 4.37. The first-order chi connectivity index (χ1) is 10.9. The lowest BCUT2D eigenvalue weighted by Crippen LogP contribution is -2.05. The minimum Gasteiger partial charge on any atom is -0.506 e. The molecule has 1 N–H and O–H groups in total. The fraction of sp³-hybridized carbons (Fsp3) is 0.0588. The maximum atomic E-state index is 12.0. The number of hydrogen-bond donors (Lipinski definition) is 1. The summed E-state index contributed by atoms with van der Waals surface area (Å²) in [7, 11) is 0. The summed E-state index contributed by atoms with van der Waals surface area (Å²) < 4.78 is 6.27. The van der Waals surface area contributed by atoms with Gasteiger partial charge in [-0.1, -0.05) is 17.7 Å². The van der Waals surface area contributed by atoms with Gasteiger partial charge in [0.15, 0.2) is 5.70 Å². The number of cyclic esters (lactones) is 1. The van der Waals surface area contributed by atoms with Crippen LogP contribution in [0.3, 0.4) is 0 Å². The van der Waals surface area contributed by atoms with Gasteiger partial charge in [-0.3, -0.25) is 0 Å². The third kappa shape index (κ3) is 3.38. The number of esters is 1. The topological polar surface area (TPSA) is 58.9 Å². The van der Waals surface area contributed by atoms with Crippen molar-refractivity contribution in [3.8, 4) is 5.75 Å². The van der Waals surface area contributed by atoms with E-state index in [9.17, 15) is 9.90 Å². The average Bonchev–Trinajstić information content (AvgIpc) is 2.86. The summed E-state index contributed by atoms with van der Waals surface area (Å²) in [6.07, 6.45) is 1.61. The monoisotopic (exact) mass is 435 g/mol. The molecule has 116 valence electrons. The molecule has 0 aromatic heterocycles. The Balaban J connectivity index is 1.96. The second-order valence-electron chi connectivity index (χ2n) is 5.04. The van der Waals surface area contributed by atoms with Crippen LogP contribution in [0.25, 0.3) is 6.08 Å². The molecule has 0 atom stereocenters. The highest BCUT2D eigenvalue weighted by molar-refractivity contribution is 9.11. The number of carbonyl (C=O) groups excluding carboxylic acids is 1. The minimum atomic E-state index is -0.499. The van der Waals surface area contributed by atoms with E-state index < -0.39 is 5.97 Å². The number of benzene rings is 2. The van der Waals surface area contributed by atoms with Gasteiger partial charge >= 0.3 is 5.97 Å². The van der Waals surface area contributed by atoms with Crippen LogP contribution < -0.4 is 0 Å². The molecule has 0 fully saturated rings. The van der Waals surface area contributed by atoms with Crippen molar-refractivity contribution in [2.24, 2.45) is 4.99 Å². The molecular formula is C17H11Br2NO3. The van der Waals surface area contributed by atoms with Crippen LogP contribution in [0.5, 0.6) is 5.75 Å². The molecule has 2 aromatic rings. The van der Waals surface area contributed by atoms with Crippen LogP contribution in [0.15, 0.2) is 56.0 Å². The Hall–Kier alpha value is -1.92. The van der Waals surface area contributed by atoms with Crippen molar-refractivity contribution in [3.05, 3.63) is 67.7 Å². The molecule has 1 aliphatic rings. The highest BCUT2D eigenvalue weighted by atomic mass is 79.9. The quantitative estimate of drug-likeness (QED) is 0.554. The van der Waals surface area contributed by atoms with Crippen molar-refractivity contribution >= 4 is 49.8 Å². The van der Waals surface area contributed by atoms with Crippen LogP contribution in [0.4, 0.5) is 0 Å². The van der Waals surface area contributed by atoms with E-state index in [2.05, 4.69) is 36.9 Å². The molecular weight excluding hydrogens is 426 g/mol. The van der Waals surface area contributed by atoms with Gasteiger partial charge < -0.3 is 9.84 Å². The number of rotatable bonds is 2. The number of phenols is 1. The summed E-state index contributed by atoms with van der Waals surface area (Å²) in [6, 6.07) is 11.0. The maximum Gasteiger partial charge on any atom is 0.363 e. The number of phenolic OH excluding ortho intramolecular Hbond substituents is 1. The molecule has 0 saturated heterocycles. The molecule has 6 heteroatoms. The molecule has 23 heavy (non-hydrogen) atoms. The van der Waals surface area contributed by atoms with E-state index in [1.807, 2.05) is 31.2 Å². The third-order valence-corrected chi connectivity index (χ3v) is 4.47. The molecule has 4 nitrogen and oxygen atoms in total. The number of hydrogen-bond acceptors (Lipinski definition) is 4. The summed E-state index contributed by atoms with van der Waals surface area (Å²) in [4.78, 5) is 16.2. The molecule has 0 amide bonds. The third-order valence-electron chi connectivity index (χ3n) is 3.26.